The predicted octanol–water partition coefficient (Wildman–Crippen LogP) is 4.98. The van der Waals surface area contributed by atoms with Crippen LogP contribution in [0.2, 0.25) is 0 Å². The highest BCUT2D eigenvalue weighted by atomic mass is 79.9. The number of hydrogen-bond donors (Lipinski definition) is 1. The first kappa shape index (κ1) is 17.5. The van der Waals surface area contributed by atoms with Gasteiger partial charge < -0.3 is 10.1 Å². The van der Waals surface area contributed by atoms with Crippen LogP contribution in [0.4, 0.5) is 0 Å². The zero-order valence-electron chi connectivity index (χ0n) is 13.2. The molecule has 20 heavy (non-hydrogen) atoms. The van der Waals surface area contributed by atoms with E-state index in [1.165, 1.54) is 18.4 Å². The van der Waals surface area contributed by atoms with Crippen molar-refractivity contribution < 1.29 is 4.74 Å². The molecule has 0 heterocycles. The van der Waals surface area contributed by atoms with E-state index in [1.54, 1.807) is 0 Å². The van der Waals surface area contributed by atoms with Gasteiger partial charge in [0.05, 0.1) is 0 Å². The van der Waals surface area contributed by atoms with Gasteiger partial charge in [-0.2, -0.15) is 0 Å². The molecule has 1 N–H and O–H groups in total. The van der Waals surface area contributed by atoms with Gasteiger partial charge >= 0.3 is 0 Å². The van der Waals surface area contributed by atoms with E-state index in [0.29, 0.717) is 5.92 Å². The van der Waals surface area contributed by atoms with Crippen molar-refractivity contribution in [3.8, 4) is 5.75 Å². The summed E-state index contributed by atoms with van der Waals surface area (Å²) in [5.41, 5.74) is 1.26. The van der Waals surface area contributed by atoms with Crippen molar-refractivity contribution in [1.82, 2.24) is 5.32 Å². The molecule has 114 valence electrons. The largest absolute Gasteiger partial charge is 0.492 e. The van der Waals surface area contributed by atoms with E-state index in [0.717, 1.165) is 35.8 Å². The first-order valence-electron chi connectivity index (χ1n) is 7.63. The molecule has 0 aromatic heterocycles. The fourth-order valence-corrected chi connectivity index (χ4v) is 2.47. The molecule has 1 aromatic rings. The highest BCUT2D eigenvalue weighted by Crippen LogP contribution is 2.29. The number of ether oxygens (including phenoxy) is 1. The average molecular weight is 342 g/mol. The minimum Gasteiger partial charge on any atom is -0.492 e. The van der Waals surface area contributed by atoms with Gasteiger partial charge in [-0.1, -0.05) is 43.6 Å². The van der Waals surface area contributed by atoms with E-state index >= 15 is 0 Å². The van der Waals surface area contributed by atoms with Crippen LogP contribution >= 0.6 is 15.9 Å². The van der Waals surface area contributed by atoms with E-state index in [1.807, 2.05) is 6.07 Å². The number of rotatable bonds is 9. The first-order chi connectivity index (χ1) is 9.50. The number of halogens is 1. The Morgan fingerprint density at radius 3 is 2.55 bits per heavy atom. The van der Waals surface area contributed by atoms with Crippen LogP contribution in [0.3, 0.4) is 0 Å². The van der Waals surface area contributed by atoms with Crippen LogP contribution in [0.5, 0.6) is 5.75 Å². The Bertz CT molecular complexity index is 391. The molecule has 0 aliphatic heterocycles. The Kier molecular flexibility index (Phi) is 8.24. The Morgan fingerprint density at radius 2 is 1.90 bits per heavy atom. The van der Waals surface area contributed by atoms with Gasteiger partial charge in [-0.15, -0.1) is 0 Å². The number of nitrogens with one attached hydrogen (secondary N) is 1. The second kappa shape index (κ2) is 9.41. The first-order valence-corrected chi connectivity index (χ1v) is 8.43. The topological polar surface area (TPSA) is 21.3 Å². The van der Waals surface area contributed by atoms with Crippen LogP contribution in [0.25, 0.3) is 0 Å². The van der Waals surface area contributed by atoms with Crippen LogP contribution in [-0.4, -0.2) is 19.7 Å². The lowest BCUT2D eigenvalue weighted by Gasteiger charge is -2.15. The zero-order valence-corrected chi connectivity index (χ0v) is 14.8. The second-order valence-corrected chi connectivity index (χ2v) is 6.89. The van der Waals surface area contributed by atoms with Crippen molar-refractivity contribution in [1.29, 1.82) is 0 Å². The molecule has 0 unspecified atom stereocenters. The minimum atomic E-state index is 0.474. The number of hydrogen-bond acceptors (Lipinski definition) is 2. The molecular formula is C17H28BrNO. The summed E-state index contributed by atoms with van der Waals surface area (Å²) >= 11 is 3.52. The van der Waals surface area contributed by atoms with Gasteiger partial charge in [-0.3, -0.25) is 0 Å². The Balaban J connectivity index is 2.28. The summed E-state index contributed by atoms with van der Waals surface area (Å²) in [5, 5.41) is 3.44. The van der Waals surface area contributed by atoms with Crippen molar-refractivity contribution >= 4 is 15.9 Å². The van der Waals surface area contributed by atoms with Crippen molar-refractivity contribution in [2.45, 2.75) is 46.5 Å². The summed E-state index contributed by atoms with van der Waals surface area (Å²) in [5.74, 6) is 2.28. The van der Waals surface area contributed by atoms with Crippen molar-refractivity contribution in [2.75, 3.05) is 19.7 Å². The van der Waals surface area contributed by atoms with Gasteiger partial charge in [0.1, 0.15) is 12.4 Å². The molecular weight excluding hydrogens is 314 g/mol. The molecule has 0 atom stereocenters. The summed E-state index contributed by atoms with van der Waals surface area (Å²) in [6, 6.07) is 6.24. The molecule has 0 bridgehead atoms. The van der Waals surface area contributed by atoms with Crippen molar-refractivity contribution in [3.63, 3.8) is 0 Å². The molecule has 0 saturated carbocycles. The molecule has 2 nitrogen and oxygen atoms in total. The monoisotopic (exact) mass is 341 g/mol. The molecule has 0 spiro atoms. The Labute approximate surface area is 132 Å². The van der Waals surface area contributed by atoms with Gasteiger partial charge in [0.15, 0.2) is 0 Å². The van der Waals surface area contributed by atoms with Crippen LogP contribution in [0.1, 0.15) is 52.0 Å². The van der Waals surface area contributed by atoms with Gasteiger partial charge in [0, 0.05) is 11.0 Å². The standard InChI is InChI=1S/C17H28BrNO/c1-13(2)6-5-9-19-10-11-20-17-8-7-15(18)12-16(17)14(3)4/h7-8,12-14,19H,5-6,9-11H2,1-4H3. The Morgan fingerprint density at radius 1 is 1.15 bits per heavy atom. The molecule has 0 amide bonds. The maximum Gasteiger partial charge on any atom is 0.122 e. The lowest BCUT2D eigenvalue weighted by atomic mass is 10.0. The Hall–Kier alpha value is -0.540. The lowest BCUT2D eigenvalue weighted by Crippen LogP contribution is -2.22. The quantitative estimate of drug-likeness (QED) is 0.639. The summed E-state index contributed by atoms with van der Waals surface area (Å²) in [6.45, 7) is 11.6. The molecule has 0 radical (unpaired) electrons. The maximum absolute atomic E-state index is 5.90. The van der Waals surface area contributed by atoms with Gasteiger partial charge in [0.2, 0.25) is 0 Å². The highest BCUT2D eigenvalue weighted by Gasteiger charge is 2.08. The summed E-state index contributed by atoms with van der Waals surface area (Å²) in [6.07, 6.45) is 2.53. The molecule has 0 aliphatic rings. The van der Waals surface area contributed by atoms with Crippen LogP contribution in [-0.2, 0) is 0 Å². The van der Waals surface area contributed by atoms with Gasteiger partial charge in [-0.05, 0) is 55.0 Å². The summed E-state index contributed by atoms with van der Waals surface area (Å²) < 4.78 is 7.01. The zero-order chi connectivity index (χ0) is 15.0. The smallest absolute Gasteiger partial charge is 0.122 e. The molecule has 0 fully saturated rings. The second-order valence-electron chi connectivity index (χ2n) is 5.97. The molecule has 3 heteroatoms. The van der Waals surface area contributed by atoms with Crippen LogP contribution in [0, 0.1) is 5.92 Å². The van der Waals surface area contributed by atoms with E-state index in [9.17, 15) is 0 Å². The van der Waals surface area contributed by atoms with Crippen molar-refractivity contribution in [3.05, 3.63) is 28.2 Å². The minimum absolute atomic E-state index is 0.474. The predicted molar refractivity (Wildman–Crippen MR) is 90.7 cm³/mol. The fraction of sp³-hybridized carbons (Fsp3) is 0.647. The lowest BCUT2D eigenvalue weighted by molar-refractivity contribution is 0.309. The number of benzene rings is 1. The fourth-order valence-electron chi connectivity index (χ4n) is 2.10. The van der Waals surface area contributed by atoms with E-state index < -0.39 is 0 Å². The third kappa shape index (κ3) is 6.76. The third-order valence-electron chi connectivity index (χ3n) is 3.27. The summed E-state index contributed by atoms with van der Waals surface area (Å²) in [7, 11) is 0. The summed E-state index contributed by atoms with van der Waals surface area (Å²) in [4.78, 5) is 0. The van der Waals surface area contributed by atoms with E-state index in [-0.39, 0.29) is 0 Å². The molecule has 0 aliphatic carbocycles. The third-order valence-corrected chi connectivity index (χ3v) is 3.76. The SMILES string of the molecule is CC(C)CCCNCCOc1ccc(Br)cc1C(C)C. The normalized spacial score (nSPS) is 11.3. The van der Waals surface area contributed by atoms with E-state index in [4.69, 9.17) is 4.74 Å². The van der Waals surface area contributed by atoms with Gasteiger partial charge in [0.25, 0.3) is 0 Å². The maximum atomic E-state index is 5.90. The molecule has 0 saturated heterocycles. The average Bonchev–Trinajstić information content (AvgIpc) is 2.38. The molecule has 1 aromatic carbocycles. The highest BCUT2D eigenvalue weighted by molar-refractivity contribution is 9.10. The van der Waals surface area contributed by atoms with Crippen LogP contribution in [0.15, 0.2) is 22.7 Å². The molecule has 1 rings (SSSR count). The van der Waals surface area contributed by atoms with Crippen molar-refractivity contribution in [2.24, 2.45) is 5.92 Å². The van der Waals surface area contributed by atoms with Gasteiger partial charge in [-0.25, -0.2) is 0 Å². The van der Waals surface area contributed by atoms with Crippen LogP contribution < -0.4 is 10.1 Å². The van der Waals surface area contributed by atoms with E-state index in [2.05, 4.69) is 61.1 Å².